The molecule has 1 N–H and O–H groups in total. The Hall–Kier alpha value is -1.33. The third-order valence-electron chi connectivity index (χ3n) is 3.92. The predicted octanol–water partition coefficient (Wildman–Crippen LogP) is 2.34. The molecule has 2 aliphatic rings. The van der Waals surface area contributed by atoms with Crippen molar-refractivity contribution in [2.24, 2.45) is 0 Å². The van der Waals surface area contributed by atoms with Crippen LogP contribution < -0.4 is 0 Å². The van der Waals surface area contributed by atoms with E-state index in [9.17, 15) is 9.90 Å². The Morgan fingerprint density at radius 1 is 1.60 bits per heavy atom. The Morgan fingerprint density at radius 2 is 2.35 bits per heavy atom. The first-order valence-corrected chi connectivity index (χ1v) is 7.83. The van der Waals surface area contributed by atoms with Gasteiger partial charge in [-0.1, -0.05) is 6.58 Å². The second kappa shape index (κ2) is 4.90. The molecule has 108 valence electrons. The van der Waals surface area contributed by atoms with E-state index < -0.39 is 5.60 Å². The van der Waals surface area contributed by atoms with Gasteiger partial charge in [-0.3, -0.25) is 4.79 Å². The minimum Gasteiger partial charge on any atom is -0.493 e. The van der Waals surface area contributed by atoms with Crippen LogP contribution >= 0.6 is 11.3 Å². The van der Waals surface area contributed by atoms with Crippen molar-refractivity contribution < 1.29 is 14.6 Å². The lowest BCUT2D eigenvalue weighted by atomic mass is 10.0. The summed E-state index contributed by atoms with van der Waals surface area (Å²) < 4.78 is 5.37. The van der Waals surface area contributed by atoms with Crippen LogP contribution in [-0.4, -0.2) is 35.1 Å². The number of hydrogen-bond acceptors (Lipinski definition) is 4. The van der Waals surface area contributed by atoms with Gasteiger partial charge in [-0.05, 0) is 31.9 Å². The molecule has 0 aromatic carbocycles. The molecule has 0 radical (unpaired) electrons. The Morgan fingerprint density at radius 3 is 3.00 bits per heavy atom. The highest BCUT2D eigenvalue weighted by Gasteiger charge is 2.51. The van der Waals surface area contributed by atoms with E-state index in [2.05, 4.69) is 6.58 Å². The van der Waals surface area contributed by atoms with Gasteiger partial charge < -0.3 is 14.7 Å². The van der Waals surface area contributed by atoms with Crippen molar-refractivity contribution in [3.8, 4) is 0 Å². The first-order valence-electron chi connectivity index (χ1n) is 7.02. The van der Waals surface area contributed by atoms with E-state index in [1.54, 1.807) is 0 Å². The first kappa shape index (κ1) is 13.6. The van der Waals surface area contributed by atoms with Gasteiger partial charge in [0.15, 0.2) is 5.60 Å². The van der Waals surface area contributed by atoms with Crippen LogP contribution in [-0.2, 0) is 15.1 Å². The zero-order valence-corrected chi connectivity index (χ0v) is 12.4. The Balaban J connectivity index is 1.81. The molecule has 1 aromatic rings. The number of hydrogen-bond donors (Lipinski definition) is 1. The maximum absolute atomic E-state index is 12.4. The van der Waals surface area contributed by atoms with E-state index in [0.717, 1.165) is 17.7 Å². The molecule has 1 atom stereocenters. The van der Waals surface area contributed by atoms with Crippen LogP contribution in [0.15, 0.2) is 18.7 Å². The molecule has 20 heavy (non-hydrogen) atoms. The van der Waals surface area contributed by atoms with Gasteiger partial charge in [0.25, 0.3) is 5.91 Å². The van der Waals surface area contributed by atoms with E-state index in [1.165, 1.54) is 11.3 Å². The van der Waals surface area contributed by atoms with Gasteiger partial charge in [0.1, 0.15) is 5.76 Å². The summed E-state index contributed by atoms with van der Waals surface area (Å²) in [4.78, 5) is 15.8. The highest BCUT2D eigenvalue weighted by Crippen LogP contribution is 2.42. The van der Waals surface area contributed by atoms with Crippen LogP contribution in [0.25, 0.3) is 5.76 Å². The second-order valence-electron chi connectivity index (χ2n) is 5.36. The average Bonchev–Trinajstić information content (AvgIpc) is 3.04. The van der Waals surface area contributed by atoms with Gasteiger partial charge in [0.2, 0.25) is 0 Å². The molecule has 4 nitrogen and oxygen atoms in total. The largest absolute Gasteiger partial charge is 0.493 e. The van der Waals surface area contributed by atoms with E-state index in [1.807, 2.05) is 24.0 Å². The molecule has 1 saturated carbocycles. The topological polar surface area (TPSA) is 49.8 Å². The number of carbonyl (C=O) groups is 1. The summed E-state index contributed by atoms with van der Waals surface area (Å²) >= 11 is 1.39. The number of rotatable bonds is 5. The molecule has 0 spiro atoms. The SMILES string of the molecule is C=C(OCC)c1ccc(C2(O)CCN(C3CC3)C2=O)s1. The minimum atomic E-state index is -1.35. The van der Waals surface area contributed by atoms with Crippen LogP contribution in [0.2, 0.25) is 0 Å². The Kier molecular flexibility index (Phi) is 3.34. The second-order valence-corrected chi connectivity index (χ2v) is 6.44. The molecule has 2 heterocycles. The number of carbonyl (C=O) groups excluding carboxylic acids is 1. The molecule has 5 heteroatoms. The van der Waals surface area contributed by atoms with E-state index in [-0.39, 0.29) is 5.91 Å². The van der Waals surface area contributed by atoms with Gasteiger partial charge >= 0.3 is 0 Å². The lowest BCUT2D eigenvalue weighted by molar-refractivity contribution is -0.144. The van der Waals surface area contributed by atoms with Crippen molar-refractivity contribution in [2.75, 3.05) is 13.2 Å². The van der Waals surface area contributed by atoms with Crippen LogP contribution in [0.3, 0.4) is 0 Å². The van der Waals surface area contributed by atoms with E-state index in [4.69, 9.17) is 4.74 Å². The number of likely N-dealkylation sites (tertiary alicyclic amines) is 1. The summed E-state index contributed by atoms with van der Waals surface area (Å²) in [7, 11) is 0. The number of thiophene rings is 1. The fourth-order valence-electron chi connectivity index (χ4n) is 2.65. The molecular formula is C15H19NO3S. The molecular weight excluding hydrogens is 274 g/mol. The number of nitrogens with zero attached hydrogens (tertiary/aromatic N) is 1. The lowest BCUT2D eigenvalue weighted by Gasteiger charge is -2.21. The van der Waals surface area contributed by atoms with Crippen LogP contribution in [0.5, 0.6) is 0 Å². The molecule has 1 aromatic heterocycles. The van der Waals surface area contributed by atoms with Gasteiger partial charge in [0, 0.05) is 23.9 Å². The summed E-state index contributed by atoms with van der Waals surface area (Å²) in [6.07, 6.45) is 2.61. The zero-order chi connectivity index (χ0) is 14.3. The van der Waals surface area contributed by atoms with Crippen molar-refractivity contribution in [1.82, 2.24) is 4.90 Å². The number of ether oxygens (including phenoxy) is 1. The normalized spacial score (nSPS) is 26.1. The molecule has 1 unspecified atom stereocenters. The summed E-state index contributed by atoms with van der Waals surface area (Å²) in [5, 5.41) is 10.8. The summed E-state index contributed by atoms with van der Waals surface area (Å²) in [5.74, 6) is 0.451. The molecule has 1 saturated heterocycles. The standard InChI is InChI=1S/C15H19NO3S/c1-3-19-10(2)12-6-7-13(20-12)15(18)8-9-16(14(15)17)11-4-5-11/h6-7,11,18H,2-5,8-9H2,1H3. The summed E-state index contributed by atoms with van der Waals surface area (Å²) in [6.45, 7) is 6.98. The third kappa shape index (κ3) is 2.15. The zero-order valence-electron chi connectivity index (χ0n) is 11.6. The van der Waals surface area contributed by atoms with Crippen molar-refractivity contribution in [3.05, 3.63) is 28.5 Å². The first-order chi connectivity index (χ1) is 9.56. The monoisotopic (exact) mass is 293 g/mol. The minimum absolute atomic E-state index is 0.143. The third-order valence-corrected chi connectivity index (χ3v) is 5.20. The lowest BCUT2D eigenvalue weighted by Crippen LogP contribution is -2.38. The average molecular weight is 293 g/mol. The highest BCUT2D eigenvalue weighted by atomic mass is 32.1. The maximum Gasteiger partial charge on any atom is 0.260 e. The van der Waals surface area contributed by atoms with Gasteiger partial charge in [-0.2, -0.15) is 0 Å². The Bertz CT molecular complexity index is 549. The van der Waals surface area contributed by atoms with E-state index in [0.29, 0.717) is 36.3 Å². The van der Waals surface area contributed by atoms with Gasteiger partial charge in [-0.25, -0.2) is 0 Å². The maximum atomic E-state index is 12.4. The summed E-state index contributed by atoms with van der Waals surface area (Å²) in [5.41, 5.74) is -1.35. The van der Waals surface area contributed by atoms with Crippen LogP contribution in [0.4, 0.5) is 0 Å². The molecule has 1 aliphatic carbocycles. The number of amides is 1. The molecule has 3 rings (SSSR count). The van der Waals surface area contributed by atoms with E-state index >= 15 is 0 Å². The smallest absolute Gasteiger partial charge is 0.260 e. The van der Waals surface area contributed by atoms with Crippen molar-refractivity contribution in [1.29, 1.82) is 0 Å². The molecule has 0 bridgehead atoms. The Labute approximate surface area is 122 Å². The van der Waals surface area contributed by atoms with Crippen molar-refractivity contribution in [3.63, 3.8) is 0 Å². The van der Waals surface area contributed by atoms with Gasteiger partial charge in [0.05, 0.1) is 11.5 Å². The predicted molar refractivity (Wildman–Crippen MR) is 78.2 cm³/mol. The van der Waals surface area contributed by atoms with Crippen molar-refractivity contribution in [2.45, 2.75) is 37.8 Å². The van der Waals surface area contributed by atoms with Crippen molar-refractivity contribution >= 4 is 23.0 Å². The number of aliphatic hydroxyl groups is 1. The molecule has 2 fully saturated rings. The fourth-order valence-corrected chi connectivity index (χ4v) is 3.69. The highest BCUT2D eigenvalue weighted by molar-refractivity contribution is 7.13. The van der Waals surface area contributed by atoms with Crippen LogP contribution in [0, 0.1) is 0 Å². The summed E-state index contributed by atoms with van der Waals surface area (Å²) in [6, 6.07) is 4.04. The fraction of sp³-hybridized carbons (Fsp3) is 0.533. The van der Waals surface area contributed by atoms with Crippen LogP contribution in [0.1, 0.15) is 35.9 Å². The quantitative estimate of drug-likeness (QED) is 0.848. The van der Waals surface area contributed by atoms with Gasteiger partial charge in [-0.15, -0.1) is 11.3 Å². The molecule has 1 aliphatic heterocycles. The molecule has 1 amide bonds.